The predicted molar refractivity (Wildman–Crippen MR) is 87.6 cm³/mol. The zero-order valence-corrected chi connectivity index (χ0v) is 13.1. The second-order valence-electron chi connectivity index (χ2n) is 6.00. The van der Waals surface area contributed by atoms with Crippen LogP contribution in [-0.4, -0.2) is 18.2 Å². The van der Waals surface area contributed by atoms with E-state index in [4.69, 9.17) is 15.2 Å². The lowest BCUT2D eigenvalue weighted by atomic mass is 10.0. The van der Waals surface area contributed by atoms with Gasteiger partial charge in [-0.1, -0.05) is 30.3 Å². The van der Waals surface area contributed by atoms with Crippen molar-refractivity contribution >= 4 is 11.7 Å². The Balaban J connectivity index is 2.16. The third-order valence-corrected chi connectivity index (χ3v) is 2.85. The monoisotopic (exact) mass is 299 g/mol. The van der Waals surface area contributed by atoms with E-state index < -0.39 is 11.6 Å². The van der Waals surface area contributed by atoms with Gasteiger partial charge in [0.1, 0.15) is 11.4 Å². The van der Waals surface area contributed by atoms with Crippen molar-refractivity contribution in [3.8, 4) is 16.9 Å². The molecular formula is C18H21NO3. The molecule has 0 saturated carbocycles. The van der Waals surface area contributed by atoms with Crippen LogP contribution in [0.15, 0.2) is 48.5 Å². The van der Waals surface area contributed by atoms with E-state index >= 15 is 0 Å². The molecule has 0 aromatic heterocycles. The molecule has 0 amide bonds. The fourth-order valence-corrected chi connectivity index (χ4v) is 2.02. The summed E-state index contributed by atoms with van der Waals surface area (Å²) in [6.45, 7) is 5.33. The van der Waals surface area contributed by atoms with Gasteiger partial charge in [0, 0.05) is 11.3 Å². The maximum atomic E-state index is 11.8. The largest absolute Gasteiger partial charge is 0.481 e. The zero-order valence-electron chi connectivity index (χ0n) is 13.1. The molecule has 0 atom stereocenters. The molecule has 0 aliphatic carbocycles. The van der Waals surface area contributed by atoms with Crippen molar-refractivity contribution in [1.82, 2.24) is 0 Å². The van der Waals surface area contributed by atoms with Crippen LogP contribution >= 0.6 is 0 Å². The average molecular weight is 299 g/mol. The minimum atomic E-state index is -0.524. The molecule has 2 rings (SSSR count). The quantitative estimate of drug-likeness (QED) is 0.691. The molecule has 0 fully saturated rings. The number of carbonyl (C=O) groups is 1. The fourth-order valence-electron chi connectivity index (χ4n) is 2.02. The molecule has 2 aromatic carbocycles. The number of carbonyl (C=O) groups excluding carboxylic acids is 1. The third-order valence-electron chi connectivity index (χ3n) is 2.85. The van der Waals surface area contributed by atoms with E-state index in [1.807, 2.05) is 57.2 Å². The number of nitrogen functional groups attached to an aromatic ring is 1. The molecular weight excluding hydrogens is 278 g/mol. The lowest BCUT2D eigenvalue weighted by Gasteiger charge is -2.20. The Hall–Kier alpha value is -2.49. The normalized spacial score (nSPS) is 11.0. The van der Waals surface area contributed by atoms with E-state index in [0.29, 0.717) is 11.4 Å². The van der Waals surface area contributed by atoms with Crippen LogP contribution in [0.1, 0.15) is 20.8 Å². The third kappa shape index (κ3) is 4.52. The van der Waals surface area contributed by atoms with Crippen molar-refractivity contribution in [2.24, 2.45) is 0 Å². The highest BCUT2D eigenvalue weighted by atomic mass is 16.6. The van der Waals surface area contributed by atoms with E-state index in [1.165, 1.54) is 0 Å². The smallest absolute Gasteiger partial charge is 0.344 e. The standard InChI is InChI=1S/C18H21NO3/c1-18(2,3)22-17(20)12-21-16-10-9-14(19)11-15(16)13-7-5-4-6-8-13/h4-11H,12,19H2,1-3H3. The molecule has 2 N–H and O–H groups in total. The van der Waals surface area contributed by atoms with Crippen LogP contribution in [0.5, 0.6) is 5.75 Å². The molecule has 0 spiro atoms. The SMILES string of the molecule is CC(C)(C)OC(=O)COc1ccc(N)cc1-c1ccccc1. The number of hydrogen-bond donors (Lipinski definition) is 1. The summed E-state index contributed by atoms with van der Waals surface area (Å²) in [7, 11) is 0. The molecule has 0 unspecified atom stereocenters. The van der Waals surface area contributed by atoms with Crippen molar-refractivity contribution in [3.05, 3.63) is 48.5 Å². The summed E-state index contributed by atoms with van der Waals surface area (Å²) in [5.41, 5.74) is 7.81. The Morgan fingerprint density at radius 1 is 1.09 bits per heavy atom. The van der Waals surface area contributed by atoms with Gasteiger partial charge in [-0.25, -0.2) is 4.79 Å². The second kappa shape index (κ2) is 6.52. The van der Waals surface area contributed by atoms with Crippen LogP contribution < -0.4 is 10.5 Å². The van der Waals surface area contributed by atoms with E-state index in [-0.39, 0.29) is 6.61 Å². The van der Waals surface area contributed by atoms with Gasteiger partial charge in [0.05, 0.1) is 0 Å². The lowest BCUT2D eigenvalue weighted by Crippen LogP contribution is -2.27. The maximum Gasteiger partial charge on any atom is 0.344 e. The molecule has 2 aromatic rings. The van der Waals surface area contributed by atoms with Crippen molar-refractivity contribution < 1.29 is 14.3 Å². The number of rotatable bonds is 4. The highest BCUT2D eigenvalue weighted by molar-refractivity contribution is 5.75. The maximum absolute atomic E-state index is 11.8. The first kappa shape index (κ1) is 15.9. The van der Waals surface area contributed by atoms with Crippen LogP contribution in [-0.2, 0) is 9.53 Å². The summed E-state index contributed by atoms with van der Waals surface area (Å²) in [6.07, 6.45) is 0. The first-order valence-corrected chi connectivity index (χ1v) is 7.15. The van der Waals surface area contributed by atoms with Gasteiger partial charge in [0.25, 0.3) is 0 Å². The van der Waals surface area contributed by atoms with Crippen LogP contribution in [0.2, 0.25) is 0 Å². The highest BCUT2D eigenvalue weighted by Crippen LogP contribution is 2.31. The van der Waals surface area contributed by atoms with Crippen molar-refractivity contribution in [2.45, 2.75) is 26.4 Å². The molecule has 4 nitrogen and oxygen atoms in total. The Bertz CT molecular complexity index is 645. The van der Waals surface area contributed by atoms with Crippen LogP contribution in [0.25, 0.3) is 11.1 Å². The Kier molecular flexibility index (Phi) is 4.71. The molecule has 0 aliphatic rings. The number of esters is 1. The molecule has 116 valence electrons. The predicted octanol–water partition coefficient (Wildman–Crippen LogP) is 3.66. The first-order chi connectivity index (χ1) is 10.3. The number of anilines is 1. The number of benzene rings is 2. The van der Waals surface area contributed by atoms with Gasteiger partial charge in [-0.2, -0.15) is 0 Å². The van der Waals surface area contributed by atoms with Crippen LogP contribution in [0.4, 0.5) is 5.69 Å². The summed E-state index contributed by atoms with van der Waals surface area (Å²) in [6, 6.07) is 15.1. The number of ether oxygens (including phenoxy) is 2. The van der Waals surface area contributed by atoms with Crippen molar-refractivity contribution in [3.63, 3.8) is 0 Å². The van der Waals surface area contributed by atoms with Gasteiger partial charge < -0.3 is 15.2 Å². The van der Waals surface area contributed by atoms with E-state index in [9.17, 15) is 4.79 Å². The van der Waals surface area contributed by atoms with Gasteiger partial charge in [0.15, 0.2) is 6.61 Å². The van der Waals surface area contributed by atoms with Crippen molar-refractivity contribution in [1.29, 1.82) is 0 Å². The topological polar surface area (TPSA) is 61.5 Å². The van der Waals surface area contributed by atoms with Gasteiger partial charge in [-0.3, -0.25) is 0 Å². The summed E-state index contributed by atoms with van der Waals surface area (Å²) in [5.74, 6) is 0.203. The van der Waals surface area contributed by atoms with E-state index in [0.717, 1.165) is 11.1 Å². The molecule has 4 heteroatoms. The van der Waals surface area contributed by atoms with Crippen molar-refractivity contribution in [2.75, 3.05) is 12.3 Å². The summed E-state index contributed by atoms with van der Waals surface area (Å²) < 4.78 is 10.9. The second-order valence-corrected chi connectivity index (χ2v) is 6.00. The molecule has 0 aliphatic heterocycles. The number of nitrogens with two attached hydrogens (primary N) is 1. The summed E-state index contributed by atoms with van der Waals surface area (Å²) in [5, 5.41) is 0. The summed E-state index contributed by atoms with van der Waals surface area (Å²) >= 11 is 0. The first-order valence-electron chi connectivity index (χ1n) is 7.15. The van der Waals surface area contributed by atoms with Gasteiger partial charge in [-0.05, 0) is 44.5 Å². The van der Waals surface area contributed by atoms with Gasteiger partial charge >= 0.3 is 5.97 Å². The fraction of sp³-hybridized carbons (Fsp3) is 0.278. The molecule has 0 heterocycles. The van der Waals surface area contributed by atoms with Crippen LogP contribution in [0.3, 0.4) is 0 Å². The lowest BCUT2D eigenvalue weighted by molar-refractivity contribution is -0.157. The zero-order chi connectivity index (χ0) is 16.2. The van der Waals surface area contributed by atoms with Gasteiger partial charge in [0.2, 0.25) is 0 Å². The average Bonchev–Trinajstić information content (AvgIpc) is 2.45. The minimum Gasteiger partial charge on any atom is -0.481 e. The van der Waals surface area contributed by atoms with Crippen LogP contribution in [0, 0.1) is 0 Å². The molecule has 0 bridgehead atoms. The Morgan fingerprint density at radius 3 is 2.41 bits per heavy atom. The number of hydrogen-bond acceptors (Lipinski definition) is 4. The molecule has 22 heavy (non-hydrogen) atoms. The van der Waals surface area contributed by atoms with E-state index in [1.54, 1.807) is 12.1 Å². The minimum absolute atomic E-state index is 0.138. The van der Waals surface area contributed by atoms with E-state index in [2.05, 4.69) is 0 Å². The highest BCUT2D eigenvalue weighted by Gasteiger charge is 2.17. The Labute approximate surface area is 130 Å². The Morgan fingerprint density at radius 2 is 1.77 bits per heavy atom. The molecule has 0 saturated heterocycles. The van der Waals surface area contributed by atoms with Gasteiger partial charge in [-0.15, -0.1) is 0 Å². The molecule has 0 radical (unpaired) electrons. The summed E-state index contributed by atoms with van der Waals surface area (Å²) in [4.78, 5) is 11.8.